The lowest BCUT2D eigenvalue weighted by molar-refractivity contribution is 1.58. The van der Waals surface area contributed by atoms with Gasteiger partial charge < -0.3 is 0 Å². The average molecular weight is 421 g/mol. The highest BCUT2D eigenvalue weighted by molar-refractivity contribution is 9.10. The molecule has 3 aromatic carbocycles. The van der Waals surface area contributed by atoms with Gasteiger partial charge in [0, 0.05) is 25.1 Å². The summed E-state index contributed by atoms with van der Waals surface area (Å²) >= 11 is 13.1. The lowest BCUT2D eigenvalue weighted by Crippen LogP contribution is -1.83. The first-order valence-electron chi connectivity index (χ1n) is 6.29. The summed E-state index contributed by atoms with van der Waals surface area (Å²) in [6.45, 7) is 0. The fourth-order valence-corrected chi connectivity index (χ4v) is 3.06. The van der Waals surface area contributed by atoms with Gasteiger partial charge in [-0.05, 0) is 66.9 Å². The summed E-state index contributed by atoms with van der Waals surface area (Å²) in [5.41, 5.74) is 1.86. The molecule has 3 heteroatoms. The van der Waals surface area contributed by atoms with E-state index in [2.05, 4.69) is 61.9 Å². The summed E-state index contributed by atoms with van der Waals surface area (Å²) in [5, 5.41) is 2.99. The number of benzene rings is 3. The first-order chi connectivity index (χ1) is 10.1. The summed E-state index contributed by atoms with van der Waals surface area (Å²) in [6, 6.07) is 17.9. The van der Waals surface area contributed by atoms with Crippen LogP contribution in [0.3, 0.4) is 0 Å². The monoisotopic (exact) mass is 418 g/mol. The van der Waals surface area contributed by atoms with Crippen LogP contribution in [0.2, 0.25) is 5.02 Å². The van der Waals surface area contributed by atoms with Gasteiger partial charge in [0.25, 0.3) is 0 Å². The predicted octanol–water partition coefficient (Wildman–Crippen LogP) is 6.42. The Labute approximate surface area is 145 Å². The van der Waals surface area contributed by atoms with Gasteiger partial charge in [-0.25, -0.2) is 0 Å². The van der Waals surface area contributed by atoms with Crippen molar-refractivity contribution in [2.75, 3.05) is 0 Å². The van der Waals surface area contributed by atoms with Crippen LogP contribution in [0.4, 0.5) is 0 Å². The number of hydrogen-bond acceptors (Lipinski definition) is 0. The first kappa shape index (κ1) is 14.7. The zero-order chi connectivity index (χ0) is 14.8. The highest BCUT2D eigenvalue weighted by atomic mass is 79.9. The number of hydrogen-bond donors (Lipinski definition) is 0. The molecule has 0 saturated carbocycles. The molecule has 21 heavy (non-hydrogen) atoms. The second-order valence-electron chi connectivity index (χ2n) is 4.52. The van der Waals surface area contributed by atoms with E-state index in [1.807, 2.05) is 36.4 Å². The second-order valence-corrected chi connectivity index (χ2v) is 6.66. The molecule has 0 aliphatic heterocycles. The Morgan fingerprint density at radius 1 is 0.810 bits per heavy atom. The molecule has 0 bridgehead atoms. The molecule has 0 saturated heterocycles. The quantitative estimate of drug-likeness (QED) is 0.368. The van der Waals surface area contributed by atoms with Crippen LogP contribution in [0.1, 0.15) is 11.1 Å². The Kier molecular flexibility index (Phi) is 4.35. The highest BCUT2D eigenvalue weighted by Crippen LogP contribution is 2.26. The standard InChI is InChI=1S/C18H9Br2Cl/c19-17-10-7-14(21)11-13(17)5-8-16-15-4-2-1-3-12(15)6-9-18(16)20/h1-4,6-7,9-11H. The van der Waals surface area contributed by atoms with Crippen molar-refractivity contribution in [3.8, 4) is 11.8 Å². The Balaban J connectivity index is 2.17. The van der Waals surface area contributed by atoms with E-state index in [4.69, 9.17) is 11.6 Å². The average Bonchev–Trinajstić information content (AvgIpc) is 2.49. The number of halogens is 3. The van der Waals surface area contributed by atoms with Crippen LogP contribution >= 0.6 is 43.5 Å². The third kappa shape index (κ3) is 3.16. The molecular weight excluding hydrogens is 411 g/mol. The minimum absolute atomic E-state index is 0.680. The maximum atomic E-state index is 6.03. The molecule has 0 aliphatic rings. The van der Waals surface area contributed by atoms with Gasteiger partial charge in [-0.2, -0.15) is 0 Å². The zero-order valence-corrected chi connectivity index (χ0v) is 14.8. The van der Waals surface area contributed by atoms with Gasteiger partial charge in [-0.1, -0.05) is 53.8 Å². The fourth-order valence-electron chi connectivity index (χ4n) is 2.10. The zero-order valence-electron chi connectivity index (χ0n) is 10.8. The van der Waals surface area contributed by atoms with E-state index in [9.17, 15) is 0 Å². The highest BCUT2D eigenvalue weighted by Gasteiger charge is 2.03. The van der Waals surface area contributed by atoms with E-state index in [0.717, 1.165) is 25.5 Å². The van der Waals surface area contributed by atoms with E-state index in [-0.39, 0.29) is 0 Å². The summed E-state index contributed by atoms with van der Waals surface area (Å²) < 4.78 is 1.93. The maximum Gasteiger partial charge on any atom is 0.0469 e. The van der Waals surface area contributed by atoms with Crippen LogP contribution < -0.4 is 0 Å². The summed E-state index contributed by atoms with van der Waals surface area (Å²) in [7, 11) is 0. The molecule has 3 rings (SSSR count). The van der Waals surface area contributed by atoms with Gasteiger partial charge in [0.1, 0.15) is 0 Å². The minimum Gasteiger partial charge on any atom is -0.0843 e. The van der Waals surface area contributed by atoms with Crippen molar-refractivity contribution in [1.82, 2.24) is 0 Å². The Hall–Kier alpha value is -1.27. The molecule has 102 valence electrons. The molecule has 0 atom stereocenters. The van der Waals surface area contributed by atoms with Gasteiger partial charge in [0.2, 0.25) is 0 Å². The van der Waals surface area contributed by atoms with E-state index in [0.29, 0.717) is 5.02 Å². The third-order valence-corrected chi connectivity index (χ3v) is 4.72. The number of fused-ring (bicyclic) bond motifs is 1. The van der Waals surface area contributed by atoms with E-state index >= 15 is 0 Å². The van der Waals surface area contributed by atoms with Crippen molar-refractivity contribution in [3.63, 3.8) is 0 Å². The van der Waals surface area contributed by atoms with Crippen molar-refractivity contribution in [2.45, 2.75) is 0 Å². The van der Waals surface area contributed by atoms with Crippen molar-refractivity contribution in [1.29, 1.82) is 0 Å². The van der Waals surface area contributed by atoms with Gasteiger partial charge in [-0.15, -0.1) is 0 Å². The molecule has 0 N–H and O–H groups in total. The first-order valence-corrected chi connectivity index (χ1v) is 8.26. The topological polar surface area (TPSA) is 0 Å². The van der Waals surface area contributed by atoms with Crippen LogP contribution in [0.25, 0.3) is 10.8 Å². The minimum atomic E-state index is 0.680. The normalized spacial score (nSPS) is 10.2. The molecule has 0 aliphatic carbocycles. The molecule has 3 aromatic rings. The largest absolute Gasteiger partial charge is 0.0843 e. The van der Waals surface area contributed by atoms with Crippen LogP contribution in [-0.2, 0) is 0 Å². The van der Waals surface area contributed by atoms with E-state index < -0.39 is 0 Å². The molecule has 0 amide bonds. The summed E-state index contributed by atoms with van der Waals surface area (Å²) in [4.78, 5) is 0. The lowest BCUT2D eigenvalue weighted by Gasteiger charge is -2.03. The van der Waals surface area contributed by atoms with Crippen LogP contribution in [0.5, 0.6) is 0 Å². The third-order valence-electron chi connectivity index (χ3n) is 3.13. The van der Waals surface area contributed by atoms with Crippen molar-refractivity contribution >= 4 is 54.2 Å². The molecule has 0 fully saturated rings. The SMILES string of the molecule is Clc1ccc(Br)c(C#Cc2c(Br)ccc3ccccc23)c1. The van der Waals surface area contributed by atoms with E-state index in [1.165, 1.54) is 5.39 Å². The predicted molar refractivity (Wildman–Crippen MR) is 96.8 cm³/mol. The molecule has 0 aromatic heterocycles. The van der Waals surface area contributed by atoms with Crippen molar-refractivity contribution < 1.29 is 0 Å². The maximum absolute atomic E-state index is 6.03. The lowest BCUT2D eigenvalue weighted by atomic mass is 10.0. The molecular formula is C18H9Br2Cl. The summed E-state index contributed by atoms with van der Waals surface area (Å²) in [6.07, 6.45) is 0. The Bertz CT molecular complexity index is 889. The second kappa shape index (κ2) is 6.23. The number of rotatable bonds is 0. The molecule has 0 heterocycles. The molecule has 0 nitrogen and oxygen atoms in total. The van der Waals surface area contributed by atoms with Crippen LogP contribution in [-0.4, -0.2) is 0 Å². The van der Waals surface area contributed by atoms with Gasteiger partial charge in [-0.3, -0.25) is 0 Å². The Morgan fingerprint density at radius 3 is 2.43 bits per heavy atom. The van der Waals surface area contributed by atoms with Gasteiger partial charge >= 0.3 is 0 Å². The van der Waals surface area contributed by atoms with Crippen LogP contribution in [0.15, 0.2) is 63.5 Å². The van der Waals surface area contributed by atoms with E-state index in [1.54, 1.807) is 0 Å². The summed E-state index contributed by atoms with van der Waals surface area (Å²) in [5.74, 6) is 6.45. The van der Waals surface area contributed by atoms with Crippen LogP contribution in [0, 0.1) is 11.8 Å². The molecule has 0 spiro atoms. The van der Waals surface area contributed by atoms with Gasteiger partial charge in [0.15, 0.2) is 0 Å². The van der Waals surface area contributed by atoms with Gasteiger partial charge in [0.05, 0.1) is 0 Å². The van der Waals surface area contributed by atoms with Crippen molar-refractivity contribution in [2.24, 2.45) is 0 Å². The van der Waals surface area contributed by atoms with Crippen molar-refractivity contribution in [3.05, 3.63) is 79.7 Å². The molecule has 0 unspecified atom stereocenters. The smallest absolute Gasteiger partial charge is 0.0469 e. The molecule has 0 radical (unpaired) electrons. The Morgan fingerprint density at radius 2 is 1.57 bits per heavy atom. The fraction of sp³-hybridized carbons (Fsp3) is 0.